The van der Waals surface area contributed by atoms with Crippen molar-refractivity contribution in [3.05, 3.63) is 86.5 Å². The predicted octanol–water partition coefficient (Wildman–Crippen LogP) is 2.59. The van der Waals surface area contributed by atoms with Crippen molar-refractivity contribution in [2.24, 2.45) is 0 Å². The van der Waals surface area contributed by atoms with Crippen LogP contribution in [0, 0.1) is 12.7 Å². The number of nitrogens with two attached hydrogens (primary N) is 1. The quantitative estimate of drug-likeness (QED) is 0.218. The highest BCUT2D eigenvalue weighted by Crippen LogP contribution is 2.40. The summed E-state index contributed by atoms with van der Waals surface area (Å²) in [5.41, 5.74) is 6.38. The number of aliphatic hydroxyl groups is 1. The first-order valence-corrected chi connectivity index (χ1v) is 14.1. The maximum atomic E-state index is 14.6. The number of anilines is 1. The molecule has 206 valence electrons. The molecule has 2 aliphatic heterocycles. The maximum absolute atomic E-state index is 14.6. The molecule has 6 rings (SSSR count). The first-order valence-electron chi connectivity index (χ1n) is 12.6. The van der Waals surface area contributed by atoms with Crippen molar-refractivity contribution < 1.29 is 27.4 Å². The zero-order chi connectivity index (χ0) is 28.6. The number of ether oxygens (including phenoxy) is 1. The highest BCUT2D eigenvalue weighted by atomic mass is 32.2. The monoisotopic (exact) mass is 564 g/mol. The standard InChI is InChI=1S/C28H25FN4O6S/c1-3-28(36)21-9-24-25-19(12-33(24)26(34)20(21)13-39-27(28)35)18(17-8-14(2)22(29)10-23(17)32-25)11-31-40(37,38)16-6-4-15(30)5-7-16/h4-10,31,36H,3,11-13,30H2,1-2H3/t28-/m0/s1. The summed E-state index contributed by atoms with van der Waals surface area (Å²) in [6.07, 6.45) is -0.0115. The van der Waals surface area contributed by atoms with Gasteiger partial charge >= 0.3 is 5.97 Å². The van der Waals surface area contributed by atoms with E-state index in [9.17, 15) is 27.5 Å². The van der Waals surface area contributed by atoms with Crippen molar-refractivity contribution in [2.45, 2.75) is 50.5 Å². The molecule has 10 nitrogen and oxygen atoms in total. The van der Waals surface area contributed by atoms with Crippen LogP contribution in [-0.4, -0.2) is 29.0 Å². The van der Waals surface area contributed by atoms with Gasteiger partial charge in [0.25, 0.3) is 5.56 Å². The van der Waals surface area contributed by atoms with Gasteiger partial charge in [-0.2, -0.15) is 0 Å². The number of nitrogens with zero attached hydrogens (tertiary/aromatic N) is 2. The molecule has 0 unspecified atom stereocenters. The number of aromatic nitrogens is 2. The minimum absolute atomic E-state index is 0.0115. The van der Waals surface area contributed by atoms with Gasteiger partial charge in [0.05, 0.1) is 33.9 Å². The molecule has 4 N–H and O–H groups in total. The molecule has 4 aromatic rings. The molecule has 4 heterocycles. The average Bonchev–Trinajstić information content (AvgIpc) is 3.29. The molecule has 2 aromatic heterocycles. The van der Waals surface area contributed by atoms with Crippen molar-refractivity contribution in [3.8, 4) is 11.4 Å². The van der Waals surface area contributed by atoms with E-state index in [2.05, 4.69) is 9.71 Å². The largest absolute Gasteiger partial charge is 0.458 e. The molecular weight excluding hydrogens is 539 g/mol. The second kappa shape index (κ2) is 8.95. The Balaban J connectivity index is 1.54. The van der Waals surface area contributed by atoms with E-state index in [1.54, 1.807) is 26.0 Å². The third-order valence-corrected chi connectivity index (χ3v) is 9.13. The Morgan fingerprint density at radius 1 is 1.18 bits per heavy atom. The van der Waals surface area contributed by atoms with Gasteiger partial charge in [-0.1, -0.05) is 6.92 Å². The smallest absolute Gasteiger partial charge is 0.343 e. The number of esters is 1. The van der Waals surface area contributed by atoms with Crippen LogP contribution in [0.2, 0.25) is 0 Å². The summed E-state index contributed by atoms with van der Waals surface area (Å²) < 4.78 is 50.0. The lowest BCUT2D eigenvalue weighted by atomic mass is 9.86. The van der Waals surface area contributed by atoms with Gasteiger partial charge in [-0.05, 0) is 60.9 Å². The lowest BCUT2D eigenvalue weighted by molar-refractivity contribution is -0.172. The number of halogens is 1. The van der Waals surface area contributed by atoms with Crippen molar-refractivity contribution in [3.63, 3.8) is 0 Å². The van der Waals surface area contributed by atoms with E-state index in [0.29, 0.717) is 39.2 Å². The number of aryl methyl sites for hydroxylation is 1. The molecule has 0 amide bonds. The second-order valence-electron chi connectivity index (χ2n) is 10.0. The summed E-state index contributed by atoms with van der Waals surface area (Å²) in [5, 5.41) is 11.7. The first kappa shape index (κ1) is 26.1. The summed E-state index contributed by atoms with van der Waals surface area (Å²) in [7, 11) is -3.95. The lowest BCUT2D eigenvalue weighted by Gasteiger charge is -2.31. The number of carbonyl (C=O) groups is 1. The molecular formula is C28H25FN4O6S. The van der Waals surface area contributed by atoms with Crippen LogP contribution >= 0.6 is 0 Å². The number of hydrogen-bond acceptors (Lipinski definition) is 8. The molecule has 2 aliphatic rings. The van der Waals surface area contributed by atoms with Crippen LogP contribution in [0.5, 0.6) is 0 Å². The zero-order valence-corrected chi connectivity index (χ0v) is 22.4. The minimum Gasteiger partial charge on any atom is -0.458 e. The molecule has 0 aliphatic carbocycles. The van der Waals surface area contributed by atoms with E-state index in [4.69, 9.17) is 10.5 Å². The Labute approximate surface area is 228 Å². The molecule has 1 atom stereocenters. The number of fused-ring (bicyclic) bond motifs is 5. The number of pyridine rings is 2. The normalized spacial score (nSPS) is 17.9. The topological polar surface area (TPSA) is 154 Å². The third-order valence-electron chi connectivity index (χ3n) is 7.72. The lowest BCUT2D eigenvalue weighted by Crippen LogP contribution is -2.44. The Kier molecular flexibility index (Phi) is 5.84. The first-order chi connectivity index (χ1) is 18.9. The van der Waals surface area contributed by atoms with E-state index < -0.39 is 33.0 Å². The van der Waals surface area contributed by atoms with Gasteiger partial charge < -0.3 is 20.1 Å². The van der Waals surface area contributed by atoms with E-state index in [-0.39, 0.29) is 47.7 Å². The van der Waals surface area contributed by atoms with Gasteiger partial charge in [0.2, 0.25) is 10.0 Å². The number of carbonyl (C=O) groups excluding carboxylic acids is 1. The van der Waals surface area contributed by atoms with E-state index >= 15 is 0 Å². The number of benzene rings is 2. The van der Waals surface area contributed by atoms with Gasteiger partial charge in [-0.25, -0.2) is 27.3 Å². The molecule has 0 spiro atoms. The molecule has 2 aromatic carbocycles. The number of hydrogen-bond donors (Lipinski definition) is 3. The van der Waals surface area contributed by atoms with Crippen molar-refractivity contribution in [1.29, 1.82) is 0 Å². The van der Waals surface area contributed by atoms with Crippen LogP contribution in [0.15, 0.2) is 52.2 Å². The van der Waals surface area contributed by atoms with Crippen molar-refractivity contribution >= 4 is 32.6 Å². The Bertz CT molecular complexity index is 1920. The van der Waals surface area contributed by atoms with Crippen LogP contribution in [-0.2, 0) is 44.9 Å². The fourth-order valence-corrected chi connectivity index (χ4v) is 6.39. The fraction of sp³-hybridized carbons (Fsp3) is 0.250. The average molecular weight is 565 g/mol. The summed E-state index contributed by atoms with van der Waals surface area (Å²) in [5.74, 6) is -1.33. The SMILES string of the molecule is CC[C@@]1(O)C(=O)OCc2c1cc1n(c2=O)Cc2c-1nc1cc(F)c(C)cc1c2CNS(=O)(=O)c1ccc(N)cc1. The van der Waals surface area contributed by atoms with E-state index in [1.807, 2.05) is 0 Å². The summed E-state index contributed by atoms with van der Waals surface area (Å²) in [6, 6.07) is 10.2. The summed E-state index contributed by atoms with van der Waals surface area (Å²) >= 11 is 0. The number of rotatable bonds is 5. The van der Waals surface area contributed by atoms with Gasteiger partial charge in [0, 0.05) is 34.8 Å². The van der Waals surface area contributed by atoms with Crippen LogP contribution in [0.3, 0.4) is 0 Å². The number of nitrogen functional groups attached to an aromatic ring is 1. The highest BCUT2D eigenvalue weighted by Gasteiger charge is 2.45. The van der Waals surface area contributed by atoms with Gasteiger partial charge in [-0.15, -0.1) is 0 Å². The number of nitrogens with one attached hydrogen (secondary N) is 1. The second-order valence-corrected chi connectivity index (χ2v) is 11.8. The molecule has 0 saturated carbocycles. The molecule has 12 heteroatoms. The number of sulfonamides is 1. The Hall–Kier alpha value is -4.13. The van der Waals surface area contributed by atoms with Gasteiger partial charge in [0.15, 0.2) is 5.60 Å². The molecule has 0 fully saturated rings. The highest BCUT2D eigenvalue weighted by molar-refractivity contribution is 7.89. The third kappa shape index (κ3) is 3.82. The van der Waals surface area contributed by atoms with Crippen LogP contribution < -0.4 is 16.0 Å². The van der Waals surface area contributed by atoms with Gasteiger partial charge in [0.1, 0.15) is 12.4 Å². The predicted molar refractivity (Wildman–Crippen MR) is 144 cm³/mol. The number of cyclic esters (lactones) is 1. The van der Waals surface area contributed by atoms with Crippen LogP contribution in [0.4, 0.5) is 10.1 Å². The minimum atomic E-state index is -3.95. The molecule has 0 saturated heterocycles. The van der Waals surface area contributed by atoms with Crippen molar-refractivity contribution in [1.82, 2.24) is 14.3 Å². The van der Waals surface area contributed by atoms with Gasteiger partial charge in [-0.3, -0.25) is 4.79 Å². The summed E-state index contributed by atoms with van der Waals surface area (Å²) in [6.45, 7) is 2.83. The fourth-order valence-electron chi connectivity index (χ4n) is 5.39. The molecule has 0 radical (unpaired) electrons. The summed E-state index contributed by atoms with van der Waals surface area (Å²) in [4.78, 5) is 30.7. The van der Waals surface area contributed by atoms with E-state index in [1.165, 1.54) is 34.9 Å². The van der Waals surface area contributed by atoms with Crippen LogP contribution in [0.25, 0.3) is 22.3 Å². The maximum Gasteiger partial charge on any atom is 0.343 e. The van der Waals surface area contributed by atoms with Crippen molar-refractivity contribution in [2.75, 3.05) is 5.73 Å². The molecule has 0 bridgehead atoms. The Morgan fingerprint density at radius 2 is 1.90 bits per heavy atom. The molecule has 40 heavy (non-hydrogen) atoms. The van der Waals surface area contributed by atoms with Crippen LogP contribution in [0.1, 0.15) is 41.2 Å². The van der Waals surface area contributed by atoms with E-state index in [0.717, 1.165) is 0 Å². The Morgan fingerprint density at radius 3 is 2.60 bits per heavy atom. The zero-order valence-electron chi connectivity index (χ0n) is 21.6.